The predicted molar refractivity (Wildman–Crippen MR) is 68.1 cm³/mol. The second-order valence-electron chi connectivity index (χ2n) is 4.47. The fourth-order valence-corrected chi connectivity index (χ4v) is 2.11. The molecular formula is C13H20N2O2. The highest BCUT2D eigenvalue weighted by molar-refractivity contribution is 5.48. The van der Waals surface area contributed by atoms with E-state index in [2.05, 4.69) is 11.8 Å². The summed E-state index contributed by atoms with van der Waals surface area (Å²) in [5.74, 6) is 0.865. The highest BCUT2D eigenvalue weighted by Gasteiger charge is 2.19. The third kappa shape index (κ3) is 2.90. The number of anilines is 1. The molecule has 17 heavy (non-hydrogen) atoms. The number of ether oxygens (including phenoxy) is 2. The summed E-state index contributed by atoms with van der Waals surface area (Å²) < 4.78 is 10.8. The lowest BCUT2D eigenvalue weighted by Gasteiger charge is -2.33. The summed E-state index contributed by atoms with van der Waals surface area (Å²) in [6.45, 7) is 5.64. The highest BCUT2D eigenvalue weighted by atomic mass is 16.5. The molecule has 0 spiro atoms. The largest absolute Gasteiger partial charge is 0.496 e. The molecule has 4 heteroatoms. The van der Waals surface area contributed by atoms with E-state index in [1.165, 1.54) is 5.56 Å². The first-order valence-corrected chi connectivity index (χ1v) is 5.95. The Bertz CT molecular complexity index is 382. The van der Waals surface area contributed by atoms with Crippen LogP contribution >= 0.6 is 0 Å². The van der Waals surface area contributed by atoms with Crippen LogP contribution in [0.3, 0.4) is 0 Å². The maximum atomic E-state index is 5.75. The minimum absolute atomic E-state index is 0.450. The Hall–Kier alpha value is -1.26. The Morgan fingerprint density at radius 3 is 3.06 bits per heavy atom. The van der Waals surface area contributed by atoms with Gasteiger partial charge in [0.1, 0.15) is 5.75 Å². The maximum Gasteiger partial charge on any atom is 0.125 e. The molecule has 2 N–H and O–H groups in total. The summed E-state index contributed by atoms with van der Waals surface area (Å²) in [4.78, 5) is 2.40. The molecule has 0 saturated carbocycles. The van der Waals surface area contributed by atoms with Crippen LogP contribution in [0.25, 0.3) is 0 Å². The third-order valence-electron chi connectivity index (χ3n) is 3.19. The number of nitrogens with zero attached hydrogens (tertiary/aromatic N) is 1. The number of hydrogen-bond acceptors (Lipinski definition) is 4. The molecule has 1 heterocycles. The van der Waals surface area contributed by atoms with Crippen molar-refractivity contribution in [1.29, 1.82) is 0 Å². The molecule has 94 valence electrons. The van der Waals surface area contributed by atoms with Crippen LogP contribution in [0.15, 0.2) is 18.2 Å². The molecule has 1 aliphatic heterocycles. The van der Waals surface area contributed by atoms with Gasteiger partial charge in [-0.1, -0.05) is 6.07 Å². The van der Waals surface area contributed by atoms with Crippen LogP contribution in [0.2, 0.25) is 0 Å². The summed E-state index contributed by atoms with van der Waals surface area (Å²) >= 11 is 0. The number of rotatable bonds is 3. The summed E-state index contributed by atoms with van der Waals surface area (Å²) in [6, 6.07) is 6.28. The molecule has 0 amide bonds. The SMILES string of the molecule is COc1cc(N)ccc1CN1CCOCC1C. The van der Waals surface area contributed by atoms with Crippen LogP contribution in [0, 0.1) is 0 Å². The normalized spacial score (nSPS) is 21.4. The number of hydrogen-bond donors (Lipinski definition) is 1. The Kier molecular flexibility index (Phi) is 3.86. The first-order chi connectivity index (χ1) is 8.20. The lowest BCUT2D eigenvalue weighted by atomic mass is 10.1. The number of nitrogen functional groups attached to an aromatic ring is 1. The van der Waals surface area contributed by atoms with Crippen molar-refractivity contribution in [3.63, 3.8) is 0 Å². The monoisotopic (exact) mass is 236 g/mol. The van der Waals surface area contributed by atoms with Crippen LogP contribution in [0.1, 0.15) is 12.5 Å². The number of benzene rings is 1. The fourth-order valence-electron chi connectivity index (χ4n) is 2.11. The zero-order valence-corrected chi connectivity index (χ0v) is 10.5. The van der Waals surface area contributed by atoms with E-state index in [0.717, 1.165) is 37.7 Å². The predicted octanol–water partition coefficient (Wildman–Crippen LogP) is 1.50. The van der Waals surface area contributed by atoms with Gasteiger partial charge in [-0.15, -0.1) is 0 Å². The second kappa shape index (κ2) is 5.38. The van der Waals surface area contributed by atoms with E-state index in [0.29, 0.717) is 6.04 Å². The van der Waals surface area contributed by atoms with E-state index in [1.807, 2.05) is 18.2 Å². The van der Waals surface area contributed by atoms with Gasteiger partial charge in [0, 0.05) is 36.4 Å². The van der Waals surface area contributed by atoms with Gasteiger partial charge >= 0.3 is 0 Å². The summed E-state index contributed by atoms with van der Waals surface area (Å²) in [6.07, 6.45) is 0. The molecule has 1 fully saturated rings. The highest BCUT2D eigenvalue weighted by Crippen LogP contribution is 2.24. The molecule has 4 nitrogen and oxygen atoms in total. The Morgan fingerprint density at radius 2 is 2.35 bits per heavy atom. The van der Waals surface area contributed by atoms with Gasteiger partial charge in [-0.05, 0) is 13.0 Å². The minimum atomic E-state index is 0.450. The number of nitrogens with two attached hydrogens (primary N) is 1. The zero-order valence-electron chi connectivity index (χ0n) is 10.5. The van der Waals surface area contributed by atoms with Gasteiger partial charge in [-0.3, -0.25) is 4.90 Å². The van der Waals surface area contributed by atoms with Crippen molar-refractivity contribution >= 4 is 5.69 Å². The van der Waals surface area contributed by atoms with Crippen LogP contribution in [0.5, 0.6) is 5.75 Å². The maximum absolute atomic E-state index is 5.75. The van der Waals surface area contributed by atoms with Gasteiger partial charge in [0.2, 0.25) is 0 Å². The molecule has 1 aliphatic rings. The lowest BCUT2D eigenvalue weighted by molar-refractivity contribution is -0.00463. The average Bonchev–Trinajstić information content (AvgIpc) is 2.34. The molecular weight excluding hydrogens is 216 g/mol. The third-order valence-corrected chi connectivity index (χ3v) is 3.19. The van der Waals surface area contributed by atoms with E-state index in [9.17, 15) is 0 Å². The Morgan fingerprint density at radius 1 is 1.53 bits per heavy atom. The molecule has 0 bridgehead atoms. The van der Waals surface area contributed by atoms with Crippen LogP contribution < -0.4 is 10.5 Å². The smallest absolute Gasteiger partial charge is 0.125 e. The van der Waals surface area contributed by atoms with E-state index in [4.69, 9.17) is 15.2 Å². The lowest BCUT2D eigenvalue weighted by Crippen LogP contribution is -2.42. The van der Waals surface area contributed by atoms with Crippen molar-refractivity contribution in [1.82, 2.24) is 4.90 Å². The van der Waals surface area contributed by atoms with Gasteiger partial charge in [0.25, 0.3) is 0 Å². The van der Waals surface area contributed by atoms with Crippen molar-refractivity contribution in [2.45, 2.75) is 19.5 Å². The minimum Gasteiger partial charge on any atom is -0.496 e. The summed E-state index contributed by atoms with van der Waals surface area (Å²) in [5, 5.41) is 0. The van der Waals surface area contributed by atoms with Crippen molar-refractivity contribution < 1.29 is 9.47 Å². The molecule has 0 aliphatic carbocycles. The molecule has 1 aromatic rings. The second-order valence-corrected chi connectivity index (χ2v) is 4.47. The van der Waals surface area contributed by atoms with Gasteiger partial charge in [-0.2, -0.15) is 0 Å². The first-order valence-electron chi connectivity index (χ1n) is 5.95. The van der Waals surface area contributed by atoms with E-state index in [1.54, 1.807) is 7.11 Å². The molecule has 0 aromatic heterocycles. The van der Waals surface area contributed by atoms with Crippen molar-refractivity contribution in [3.05, 3.63) is 23.8 Å². The molecule has 1 aromatic carbocycles. The molecule has 1 unspecified atom stereocenters. The van der Waals surface area contributed by atoms with Crippen LogP contribution in [0.4, 0.5) is 5.69 Å². The average molecular weight is 236 g/mol. The van der Waals surface area contributed by atoms with Gasteiger partial charge in [0.05, 0.1) is 20.3 Å². The van der Waals surface area contributed by atoms with Crippen LogP contribution in [-0.2, 0) is 11.3 Å². The standard InChI is InChI=1S/C13H20N2O2/c1-10-9-17-6-5-15(10)8-11-3-4-12(14)7-13(11)16-2/h3-4,7,10H,5-6,8-9,14H2,1-2H3. The quantitative estimate of drug-likeness (QED) is 0.808. The van der Waals surface area contributed by atoms with E-state index < -0.39 is 0 Å². The Balaban J connectivity index is 2.11. The molecule has 0 radical (unpaired) electrons. The van der Waals surface area contributed by atoms with E-state index >= 15 is 0 Å². The van der Waals surface area contributed by atoms with Crippen molar-refractivity contribution in [2.24, 2.45) is 0 Å². The summed E-state index contributed by atoms with van der Waals surface area (Å²) in [7, 11) is 1.68. The molecule has 2 rings (SSSR count). The zero-order chi connectivity index (χ0) is 12.3. The molecule has 1 saturated heterocycles. The first kappa shape index (κ1) is 12.2. The van der Waals surface area contributed by atoms with Gasteiger partial charge in [-0.25, -0.2) is 0 Å². The topological polar surface area (TPSA) is 47.7 Å². The van der Waals surface area contributed by atoms with Gasteiger partial charge < -0.3 is 15.2 Å². The Labute approximate surface area is 102 Å². The van der Waals surface area contributed by atoms with Crippen molar-refractivity contribution in [2.75, 3.05) is 32.6 Å². The molecule has 1 atom stereocenters. The van der Waals surface area contributed by atoms with E-state index in [-0.39, 0.29) is 0 Å². The van der Waals surface area contributed by atoms with Crippen LogP contribution in [-0.4, -0.2) is 37.8 Å². The fraction of sp³-hybridized carbons (Fsp3) is 0.538. The number of methoxy groups -OCH3 is 1. The summed E-state index contributed by atoms with van der Waals surface area (Å²) in [5.41, 5.74) is 7.66. The van der Waals surface area contributed by atoms with Crippen molar-refractivity contribution in [3.8, 4) is 5.75 Å². The number of morpholine rings is 1. The van der Waals surface area contributed by atoms with Gasteiger partial charge in [0.15, 0.2) is 0 Å².